The first-order chi connectivity index (χ1) is 29.4. The van der Waals surface area contributed by atoms with Gasteiger partial charge < -0.3 is 22.4 Å². The third-order valence-corrected chi connectivity index (χ3v) is 13.8. The quantitative estimate of drug-likeness (QED) is 0.0947. The predicted octanol–water partition coefficient (Wildman–Crippen LogP) is 9.21. The van der Waals surface area contributed by atoms with Crippen molar-refractivity contribution in [2.75, 3.05) is 6.61 Å². The van der Waals surface area contributed by atoms with Crippen LogP contribution in [0, 0.1) is 0 Å². The number of hydrogen-bond acceptors (Lipinski definition) is 5. The van der Waals surface area contributed by atoms with E-state index in [0.29, 0.717) is 11.6 Å². The molecular formula is C48H51BCuF4N5OP2+2. The molecule has 8 aromatic rings. The number of benzene rings is 6. The summed E-state index contributed by atoms with van der Waals surface area (Å²) < 4.78 is 39.0. The van der Waals surface area contributed by atoms with Crippen LogP contribution in [0.5, 0.6) is 0 Å². The van der Waals surface area contributed by atoms with Gasteiger partial charge in [0, 0.05) is 24.4 Å². The normalized spacial score (nSPS) is 10.6. The molecule has 6 nitrogen and oxygen atoms in total. The van der Waals surface area contributed by atoms with E-state index in [-0.39, 0.29) is 29.1 Å². The molecule has 324 valence electrons. The Balaban J connectivity index is 0.000000227. The van der Waals surface area contributed by atoms with E-state index in [2.05, 4.69) is 228 Å². The van der Waals surface area contributed by atoms with Crippen LogP contribution in [0.4, 0.5) is 17.3 Å². The zero-order valence-corrected chi connectivity index (χ0v) is 37.8. The molecule has 0 radical (unpaired) electrons. The van der Waals surface area contributed by atoms with Gasteiger partial charge in [0.2, 0.25) is 5.82 Å². The minimum Gasteiger partial charge on any atom is -0.418 e. The van der Waals surface area contributed by atoms with Crippen molar-refractivity contribution in [3.05, 3.63) is 206 Å². The van der Waals surface area contributed by atoms with Gasteiger partial charge in [0.15, 0.2) is 5.82 Å². The van der Waals surface area contributed by atoms with Crippen LogP contribution < -0.4 is 31.8 Å². The van der Waals surface area contributed by atoms with Gasteiger partial charge in [-0.05, 0) is 85.8 Å². The number of nitrogens with one attached hydrogen (secondary N) is 1. The van der Waals surface area contributed by atoms with Crippen LogP contribution in [0.15, 0.2) is 200 Å². The molecule has 0 unspecified atom stereocenters. The number of aliphatic hydroxyl groups is 1. The number of aromatic nitrogens is 5. The van der Waals surface area contributed by atoms with Crippen molar-refractivity contribution in [2.45, 2.75) is 33.1 Å². The molecule has 0 aliphatic rings. The summed E-state index contributed by atoms with van der Waals surface area (Å²) >= 11 is 0. The van der Waals surface area contributed by atoms with Gasteiger partial charge in [0.05, 0.1) is 15.8 Å². The minimum absolute atomic E-state index is 0. The van der Waals surface area contributed by atoms with Crippen molar-refractivity contribution in [3.8, 4) is 11.6 Å². The van der Waals surface area contributed by atoms with Gasteiger partial charge in [-0.3, -0.25) is 5.10 Å². The second-order valence-electron chi connectivity index (χ2n) is 14.1. The fourth-order valence-electron chi connectivity index (χ4n) is 5.74. The summed E-state index contributed by atoms with van der Waals surface area (Å²) in [6, 6.07) is 66.8. The Kier molecular flexibility index (Phi) is 22.1. The summed E-state index contributed by atoms with van der Waals surface area (Å²) in [5, 5.41) is 23.2. The van der Waals surface area contributed by atoms with Crippen molar-refractivity contribution < 1.29 is 39.4 Å². The molecule has 2 heterocycles. The molecule has 2 aromatic heterocycles. The van der Waals surface area contributed by atoms with E-state index in [9.17, 15) is 17.3 Å². The van der Waals surface area contributed by atoms with Crippen molar-refractivity contribution >= 4 is 54.9 Å². The maximum atomic E-state index is 9.75. The van der Waals surface area contributed by atoms with Crippen LogP contribution in [0.2, 0.25) is 0 Å². The average Bonchev–Trinajstić information content (AvgIpc) is 3.79. The average molecular weight is 926 g/mol. The summed E-state index contributed by atoms with van der Waals surface area (Å²) in [5.74, 6) is 1.93. The summed E-state index contributed by atoms with van der Waals surface area (Å²) in [4.78, 5) is 12.5. The van der Waals surface area contributed by atoms with E-state index in [1.165, 1.54) is 31.8 Å². The van der Waals surface area contributed by atoms with Crippen molar-refractivity contribution in [1.29, 1.82) is 0 Å². The first kappa shape index (κ1) is 51.0. The molecule has 0 spiro atoms. The Morgan fingerprint density at radius 1 is 0.484 bits per heavy atom. The zero-order chi connectivity index (χ0) is 43.9. The Morgan fingerprint density at radius 2 is 0.726 bits per heavy atom. The molecule has 62 heavy (non-hydrogen) atoms. The van der Waals surface area contributed by atoms with Crippen LogP contribution in [0.3, 0.4) is 0 Å². The molecule has 2 N–H and O–H groups in total. The second-order valence-corrected chi connectivity index (χ2v) is 19.1. The summed E-state index contributed by atoms with van der Waals surface area (Å²) in [6.07, 6.45) is 3.35. The molecule has 0 saturated carbocycles. The standard InChI is InChI=1S/2C18H15P.C10H13N5.C2H6O.BF4.Cu/c2*1-4-10-16(11-5-1)19(17-12-6-2-7-13-17)18-14-8-3-9-15-18;1-10(2,3)9-13-8(14-15-9)7-11-5-4-6-12-7;1-2-3;2-1(3,4)5;/h2*1-15H;4-6H,1-3H3,(H,13,14,15);3H,2H2,1H3;;/q;;;;-1;+1/p+2. The number of H-pyrrole nitrogens is 1. The first-order valence-electron chi connectivity index (χ1n) is 19.6. The molecule has 8 rings (SSSR count). The van der Waals surface area contributed by atoms with Crippen LogP contribution in [0.25, 0.3) is 11.6 Å². The van der Waals surface area contributed by atoms with Crippen LogP contribution in [-0.2, 0) is 22.5 Å². The molecule has 14 heteroatoms. The second kappa shape index (κ2) is 26.9. The first-order valence-corrected chi connectivity index (χ1v) is 22.6. The van der Waals surface area contributed by atoms with E-state index in [0.717, 1.165) is 5.82 Å². The Bertz CT molecular complexity index is 2040. The van der Waals surface area contributed by atoms with E-state index in [1.54, 1.807) is 25.4 Å². The zero-order valence-electron chi connectivity index (χ0n) is 34.9. The molecule has 0 amide bonds. The number of hydrogen-bond donors (Lipinski definition) is 2. The monoisotopic (exact) mass is 925 g/mol. The molecular weight excluding hydrogens is 875 g/mol. The predicted molar refractivity (Wildman–Crippen MR) is 252 cm³/mol. The Hall–Kier alpha value is -5.34. The Labute approximate surface area is 375 Å². The van der Waals surface area contributed by atoms with Crippen LogP contribution >= 0.6 is 15.8 Å². The van der Waals surface area contributed by atoms with Crippen molar-refractivity contribution in [1.82, 2.24) is 25.1 Å². The van der Waals surface area contributed by atoms with Gasteiger partial charge in [-0.15, -0.1) is 5.10 Å². The van der Waals surface area contributed by atoms with Gasteiger partial charge in [-0.2, -0.15) is 0 Å². The number of aromatic amines is 1. The number of aliphatic hydroxyl groups excluding tert-OH is 1. The molecule has 0 atom stereocenters. The molecule has 0 aliphatic carbocycles. The smallest absolute Gasteiger partial charge is 0.418 e. The van der Waals surface area contributed by atoms with Crippen molar-refractivity contribution in [3.63, 3.8) is 0 Å². The number of halogens is 4. The summed E-state index contributed by atoms with van der Waals surface area (Å²) in [6.45, 7) is 8.15. The molecule has 6 aromatic carbocycles. The number of rotatable bonds is 7. The van der Waals surface area contributed by atoms with E-state index in [4.69, 9.17) is 5.11 Å². The van der Waals surface area contributed by atoms with Crippen molar-refractivity contribution in [2.24, 2.45) is 0 Å². The SMILES string of the molecule is CC(C)(C)c1nc(-c2ncccn2)n[nH]1.CCO.F[B-](F)(F)F.[Cu+].c1ccc([PH+](c2ccccc2)c2ccccc2)cc1.c1ccc([PH+](c2ccccc2)c2ccccc2)cc1. The topological polar surface area (TPSA) is 87.6 Å². The fourth-order valence-corrected chi connectivity index (χ4v) is 10.9. The largest absolute Gasteiger partial charge is 1.00 e. The maximum absolute atomic E-state index is 9.75. The van der Waals surface area contributed by atoms with Gasteiger partial charge >= 0.3 is 24.3 Å². The molecule has 0 bridgehead atoms. The van der Waals surface area contributed by atoms with Gasteiger partial charge in [-0.1, -0.05) is 130 Å². The molecule has 0 saturated heterocycles. The summed E-state index contributed by atoms with van der Waals surface area (Å²) in [5.41, 5.74) is -0.0416. The van der Waals surface area contributed by atoms with E-state index in [1.807, 2.05) is 0 Å². The Morgan fingerprint density at radius 3 is 0.935 bits per heavy atom. The van der Waals surface area contributed by atoms with E-state index < -0.39 is 23.1 Å². The third kappa shape index (κ3) is 17.9. The van der Waals surface area contributed by atoms with Gasteiger partial charge in [-0.25, -0.2) is 15.0 Å². The van der Waals surface area contributed by atoms with Crippen LogP contribution in [0.1, 0.15) is 33.5 Å². The van der Waals surface area contributed by atoms with Gasteiger partial charge in [0.1, 0.15) is 37.7 Å². The third-order valence-electron chi connectivity index (χ3n) is 8.34. The maximum Gasteiger partial charge on any atom is 1.00 e. The number of nitrogens with zero attached hydrogens (tertiary/aromatic N) is 4. The minimum atomic E-state index is -6.00. The molecule has 0 aliphatic heterocycles. The van der Waals surface area contributed by atoms with Gasteiger partial charge in [0.25, 0.3) is 0 Å². The van der Waals surface area contributed by atoms with Crippen LogP contribution in [-0.4, -0.2) is 44.1 Å². The molecule has 0 fully saturated rings. The summed E-state index contributed by atoms with van der Waals surface area (Å²) in [7, 11) is -7.75. The van der Waals surface area contributed by atoms with E-state index >= 15 is 0 Å². The fraction of sp³-hybridized carbons (Fsp3) is 0.125.